The van der Waals surface area contributed by atoms with Crippen molar-refractivity contribution in [1.29, 1.82) is 0 Å². The molecular weight excluding hydrogens is 294 g/mol. The lowest BCUT2D eigenvalue weighted by Crippen LogP contribution is -2.16. The van der Waals surface area contributed by atoms with E-state index in [1.165, 1.54) is 11.5 Å². The lowest BCUT2D eigenvalue weighted by Gasteiger charge is -2.02. The van der Waals surface area contributed by atoms with Gasteiger partial charge in [0, 0.05) is 12.5 Å². The zero-order chi connectivity index (χ0) is 14.1. The number of furan rings is 1. The van der Waals surface area contributed by atoms with Crippen LogP contribution >= 0.6 is 22.9 Å². The molecule has 0 aliphatic carbocycles. The first-order valence-corrected chi connectivity index (χ1v) is 7.86. The third-order valence-corrected chi connectivity index (χ3v) is 5.02. The van der Waals surface area contributed by atoms with Crippen molar-refractivity contribution in [3.05, 3.63) is 29.0 Å². The van der Waals surface area contributed by atoms with Crippen molar-refractivity contribution in [1.82, 2.24) is 4.37 Å². The summed E-state index contributed by atoms with van der Waals surface area (Å²) in [7, 11) is 0. The number of nitrogens with one attached hydrogen (secondary N) is 1. The Morgan fingerprint density at radius 1 is 1.55 bits per heavy atom. The number of aromatic nitrogens is 1. The summed E-state index contributed by atoms with van der Waals surface area (Å²) in [5, 5.41) is 14.4. The molecule has 3 aromatic heterocycles. The Labute approximate surface area is 124 Å². The number of hydrogen-bond donors (Lipinski definition) is 3. The van der Waals surface area contributed by atoms with Crippen molar-refractivity contribution in [3.8, 4) is 5.75 Å². The Kier molecular flexibility index (Phi) is 3.64. The Morgan fingerprint density at radius 3 is 3.10 bits per heavy atom. The van der Waals surface area contributed by atoms with E-state index in [4.69, 9.17) is 10.2 Å². The van der Waals surface area contributed by atoms with E-state index < -0.39 is 0 Å². The van der Waals surface area contributed by atoms with Gasteiger partial charge in [-0.05, 0) is 30.6 Å². The number of hydrogen-bond acceptors (Lipinski definition) is 7. The highest BCUT2D eigenvalue weighted by atomic mass is 32.1. The normalized spacial score (nSPS) is 12.9. The highest BCUT2D eigenvalue weighted by Crippen LogP contribution is 2.43. The van der Waals surface area contributed by atoms with Gasteiger partial charge in [-0.25, -0.2) is 0 Å². The van der Waals surface area contributed by atoms with Gasteiger partial charge < -0.3 is 20.6 Å². The van der Waals surface area contributed by atoms with Crippen molar-refractivity contribution < 1.29 is 9.52 Å². The van der Waals surface area contributed by atoms with Crippen molar-refractivity contribution >= 4 is 38.1 Å². The molecular formula is C13H15N3O2S2. The van der Waals surface area contributed by atoms with Crippen molar-refractivity contribution in [2.24, 2.45) is 5.73 Å². The average Bonchev–Trinajstić information content (AvgIpc) is 3.08. The Balaban J connectivity index is 1.84. The zero-order valence-electron chi connectivity index (χ0n) is 10.9. The molecule has 0 spiro atoms. The maximum Gasteiger partial charge on any atom is 0.157 e. The van der Waals surface area contributed by atoms with Gasteiger partial charge in [-0.3, -0.25) is 0 Å². The van der Waals surface area contributed by atoms with Gasteiger partial charge in [-0.1, -0.05) is 0 Å². The standard InChI is InChI=1S/C13H15N3O2S2/c1-7(14)5-9-11(17)10-12(19-9)13(20-16-10)15-6-8-3-2-4-18-8/h2-4,7,15,17H,5-6,14H2,1H3/t7-/m0/s1. The maximum absolute atomic E-state index is 10.2. The van der Waals surface area contributed by atoms with Gasteiger partial charge in [0.1, 0.15) is 16.3 Å². The van der Waals surface area contributed by atoms with Gasteiger partial charge >= 0.3 is 0 Å². The maximum atomic E-state index is 10.2. The molecule has 0 amide bonds. The summed E-state index contributed by atoms with van der Waals surface area (Å²) >= 11 is 2.90. The van der Waals surface area contributed by atoms with E-state index in [1.807, 2.05) is 19.1 Å². The summed E-state index contributed by atoms with van der Waals surface area (Å²) in [5.74, 6) is 1.13. The second kappa shape index (κ2) is 5.43. The first-order valence-electron chi connectivity index (χ1n) is 6.27. The van der Waals surface area contributed by atoms with Crippen LogP contribution in [0, 0.1) is 0 Å². The van der Waals surface area contributed by atoms with Crippen molar-refractivity contribution in [3.63, 3.8) is 0 Å². The van der Waals surface area contributed by atoms with Crippen LogP contribution in [0.1, 0.15) is 17.6 Å². The zero-order valence-corrected chi connectivity index (χ0v) is 12.6. The van der Waals surface area contributed by atoms with Gasteiger partial charge in [-0.2, -0.15) is 4.37 Å². The molecule has 3 aromatic rings. The molecule has 0 bridgehead atoms. The van der Waals surface area contributed by atoms with E-state index >= 15 is 0 Å². The van der Waals surface area contributed by atoms with Gasteiger partial charge in [0.05, 0.1) is 22.4 Å². The molecule has 0 fully saturated rings. The smallest absolute Gasteiger partial charge is 0.157 e. The van der Waals surface area contributed by atoms with Crippen LogP contribution in [0.5, 0.6) is 5.75 Å². The van der Waals surface area contributed by atoms with Crippen LogP contribution in [-0.2, 0) is 13.0 Å². The van der Waals surface area contributed by atoms with Crippen molar-refractivity contribution in [2.45, 2.75) is 25.9 Å². The van der Waals surface area contributed by atoms with E-state index in [9.17, 15) is 5.11 Å². The second-order valence-corrected chi connectivity index (χ2v) is 6.56. The molecule has 1 atom stereocenters. The quantitative estimate of drug-likeness (QED) is 0.674. The van der Waals surface area contributed by atoms with E-state index in [0.29, 0.717) is 18.5 Å². The molecule has 7 heteroatoms. The van der Waals surface area contributed by atoms with Gasteiger partial charge in [0.25, 0.3) is 0 Å². The molecule has 106 valence electrons. The molecule has 0 aliphatic heterocycles. The number of fused-ring (bicyclic) bond motifs is 1. The number of thiophene rings is 1. The summed E-state index contributed by atoms with van der Waals surface area (Å²) in [5.41, 5.74) is 6.46. The van der Waals surface area contributed by atoms with Gasteiger partial charge in [-0.15, -0.1) is 11.3 Å². The van der Waals surface area contributed by atoms with E-state index in [2.05, 4.69) is 9.69 Å². The van der Waals surface area contributed by atoms with Crippen LogP contribution in [0.25, 0.3) is 10.2 Å². The molecule has 0 unspecified atom stereocenters. The highest BCUT2D eigenvalue weighted by molar-refractivity contribution is 7.25. The minimum atomic E-state index is 0.0202. The van der Waals surface area contributed by atoms with Crippen LogP contribution in [0.15, 0.2) is 22.8 Å². The first kappa shape index (κ1) is 13.4. The van der Waals surface area contributed by atoms with Gasteiger partial charge in [0.2, 0.25) is 0 Å². The summed E-state index contributed by atoms with van der Waals surface area (Å²) in [6, 6.07) is 3.79. The SMILES string of the molecule is C[C@H](N)Cc1sc2c(NCc3ccco3)snc2c1O. The monoisotopic (exact) mass is 309 g/mol. The first-order chi connectivity index (χ1) is 9.65. The predicted octanol–water partition coefficient (Wildman–Crippen LogP) is 3.16. The molecule has 3 rings (SSSR count). The lowest BCUT2D eigenvalue weighted by molar-refractivity contribution is 0.474. The van der Waals surface area contributed by atoms with Crippen LogP contribution in [0.4, 0.5) is 5.00 Å². The molecule has 4 N–H and O–H groups in total. The molecule has 3 heterocycles. The third-order valence-electron chi connectivity index (χ3n) is 2.87. The Morgan fingerprint density at radius 2 is 2.40 bits per heavy atom. The van der Waals surface area contributed by atoms with Crippen LogP contribution < -0.4 is 11.1 Å². The van der Waals surface area contributed by atoms with Crippen LogP contribution in [0.2, 0.25) is 0 Å². The van der Waals surface area contributed by atoms with E-state index in [-0.39, 0.29) is 11.8 Å². The fourth-order valence-electron chi connectivity index (χ4n) is 1.95. The number of rotatable bonds is 5. The minimum Gasteiger partial charge on any atom is -0.505 e. The minimum absolute atomic E-state index is 0.0202. The van der Waals surface area contributed by atoms with Gasteiger partial charge in [0.15, 0.2) is 5.75 Å². The molecule has 20 heavy (non-hydrogen) atoms. The summed E-state index contributed by atoms with van der Waals surface area (Å²) in [6.45, 7) is 2.53. The largest absolute Gasteiger partial charge is 0.505 e. The number of nitrogens with zero attached hydrogens (tertiary/aromatic N) is 1. The van der Waals surface area contributed by atoms with E-state index in [1.54, 1.807) is 17.6 Å². The summed E-state index contributed by atoms with van der Waals surface area (Å²) in [4.78, 5) is 0.895. The predicted molar refractivity (Wildman–Crippen MR) is 82.5 cm³/mol. The van der Waals surface area contributed by atoms with Crippen LogP contribution in [-0.4, -0.2) is 15.5 Å². The molecule has 0 radical (unpaired) electrons. The van der Waals surface area contributed by atoms with E-state index in [0.717, 1.165) is 20.3 Å². The topological polar surface area (TPSA) is 84.3 Å². The fraction of sp³-hybridized carbons (Fsp3) is 0.308. The number of anilines is 1. The molecule has 0 saturated carbocycles. The Hall–Kier alpha value is -1.57. The fourth-order valence-corrected chi connectivity index (χ4v) is 4.12. The average molecular weight is 309 g/mol. The second-order valence-electron chi connectivity index (χ2n) is 4.68. The third kappa shape index (κ3) is 2.52. The summed E-state index contributed by atoms with van der Waals surface area (Å²) < 4.78 is 10.6. The number of aromatic hydroxyl groups is 1. The molecule has 5 nitrogen and oxygen atoms in total. The lowest BCUT2D eigenvalue weighted by atomic mass is 10.2. The molecule has 0 saturated heterocycles. The Bertz CT molecular complexity index is 701. The summed E-state index contributed by atoms with van der Waals surface area (Å²) in [6.07, 6.45) is 2.31. The number of nitrogens with two attached hydrogens (primary N) is 1. The molecule has 0 aromatic carbocycles. The molecule has 0 aliphatic rings. The van der Waals surface area contributed by atoms with Crippen molar-refractivity contribution in [2.75, 3.05) is 5.32 Å². The van der Waals surface area contributed by atoms with Crippen LogP contribution in [0.3, 0.4) is 0 Å². The highest BCUT2D eigenvalue weighted by Gasteiger charge is 2.18.